The predicted octanol–water partition coefficient (Wildman–Crippen LogP) is 2.98. The first kappa shape index (κ1) is 12.7. The van der Waals surface area contributed by atoms with E-state index in [-0.39, 0.29) is 0 Å². The summed E-state index contributed by atoms with van der Waals surface area (Å²) in [4.78, 5) is 11.3. The van der Waals surface area contributed by atoms with Crippen LogP contribution in [0.25, 0.3) is 0 Å². The normalized spacial score (nSPS) is 19.2. The zero-order valence-corrected chi connectivity index (χ0v) is 11.4. The molecule has 0 aromatic heterocycles. The Morgan fingerprint density at radius 3 is 2.63 bits per heavy atom. The lowest BCUT2D eigenvalue weighted by molar-refractivity contribution is -0.108. The third-order valence-electron chi connectivity index (χ3n) is 4.39. The van der Waals surface area contributed by atoms with Crippen molar-refractivity contribution in [3.8, 4) is 0 Å². The summed E-state index contributed by atoms with van der Waals surface area (Å²) in [5, 5.41) is 1.68. The highest BCUT2D eigenvalue weighted by Gasteiger charge is 2.18. The fourth-order valence-electron chi connectivity index (χ4n) is 3.30. The topological polar surface area (TPSA) is 32.3 Å². The van der Waals surface area contributed by atoms with Gasteiger partial charge in [0.1, 0.15) is 0 Å². The summed E-state index contributed by atoms with van der Waals surface area (Å²) >= 11 is 0. The summed E-state index contributed by atoms with van der Waals surface area (Å²) < 4.78 is 0. The standard InChI is InChI=1S/C16H22N2O/c19-12-18(17-15-7-2-1-3-8-15)16-10-9-13-5-4-6-14(13)11-16/h9-12,15,17H,1-8H2. The number of anilines is 1. The first-order chi connectivity index (χ1) is 9.36. The number of nitrogens with zero attached hydrogens (tertiary/aromatic N) is 1. The molecule has 19 heavy (non-hydrogen) atoms. The van der Waals surface area contributed by atoms with Gasteiger partial charge in [-0.3, -0.25) is 4.79 Å². The number of hydrogen-bond donors (Lipinski definition) is 1. The number of hydrazine groups is 1. The molecule has 3 nitrogen and oxygen atoms in total. The van der Waals surface area contributed by atoms with Crippen molar-refractivity contribution in [1.82, 2.24) is 5.43 Å². The second kappa shape index (κ2) is 5.74. The minimum atomic E-state index is 0.451. The van der Waals surface area contributed by atoms with Gasteiger partial charge in [-0.15, -0.1) is 0 Å². The third kappa shape index (κ3) is 2.81. The number of carbonyl (C=O) groups is 1. The number of hydrogen-bond acceptors (Lipinski definition) is 2. The first-order valence-electron chi connectivity index (χ1n) is 7.49. The fourth-order valence-corrected chi connectivity index (χ4v) is 3.30. The summed E-state index contributed by atoms with van der Waals surface area (Å²) in [7, 11) is 0. The summed E-state index contributed by atoms with van der Waals surface area (Å²) in [6.07, 6.45) is 10.7. The summed E-state index contributed by atoms with van der Waals surface area (Å²) in [5.74, 6) is 0. The fraction of sp³-hybridized carbons (Fsp3) is 0.562. The lowest BCUT2D eigenvalue weighted by atomic mass is 9.96. The maximum absolute atomic E-state index is 11.3. The van der Waals surface area contributed by atoms with Crippen LogP contribution in [0.5, 0.6) is 0 Å². The van der Waals surface area contributed by atoms with Gasteiger partial charge in [0.15, 0.2) is 0 Å². The van der Waals surface area contributed by atoms with Crippen LogP contribution in [0.3, 0.4) is 0 Å². The van der Waals surface area contributed by atoms with Gasteiger partial charge in [0.25, 0.3) is 0 Å². The van der Waals surface area contributed by atoms with E-state index < -0.39 is 0 Å². The van der Waals surface area contributed by atoms with Gasteiger partial charge < -0.3 is 0 Å². The second-order valence-electron chi connectivity index (χ2n) is 5.75. The second-order valence-corrected chi connectivity index (χ2v) is 5.75. The molecule has 1 N–H and O–H groups in total. The Morgan fingerprint density at radius 1 is 1.05 bits per heavy atom. The Balaban J connectivity index is 1.72. The molecule has 2 aliphatic carbocycles. The van der Waals surface area contributed by atoms with E-state index in [1.807, 2.05) is 0 Å². The molecule has 0 aliphatic heterocycles. The Hall–Kier alpha value is -1.35. The van der Waals surface area contributed by atoms with Gasteiger partial charge in [0.2, 0.25) is 6.41 Å². The van der Waals surface area contributed by atoms with Crippen molar-refractivity contribution in [3.63, 3.8) is 0 Å². The molecule has 0 unspecified atom stereocenters. The molecule has 0 atom stereocenters. The van der Waals surface area contributed by atoms with E-state index in [1.54, 1.807) is 5.01 Å². The highest BCUT2D eigenvalue weighted by atomic mass is 16.1. The van der Waals surface area contributed by atoms with E-state index in [0.29, 0.717) is 6.04 Å². The molecule has 1 fully saturated rings. The summed E-state index contributed by atoms with van der Waals surface area (Å²) in [6, 6.07) is 6.87. The maximum Gasteiger partial charge on any atom is 0.228 e. The predicted molar refractivity (Wildman–Crippen MR) is 77.0 cm³/mol. The van der Waals surface area contributed by atoms with Gasteiger partial charge in [-0.05, 0) is 55.4 Å². The van der Waals surface area contributed by atoms with Gasteiger partial charge in [-0.25, -0.2) is 10.4 Å². The van der Waals surface area contributed by atoms with Crippen LogP contribution in [-0.2, 0) is 17.6 Å². The molecule has 1 aromatic rings. The molecular formula is C16H22N2O. The highest BCUT2D eigenvalue weighted by Crippen LogP contribution is 2.26. The van der Waals surface area contributed by atoms with Crippen molar-refractivity contribution in [2.45, 2.75) is 57.4 Å². The van der Waals surface area contributed by atoms with Gasteiger partial charge in [-0.2, -0.15) is 0 Å². The van der Waals surface area contributed by atoms with Crippen LogP contribution >= 0.6 is 0 Å². The number of amides is 1. The molecule has 0 heterocycles. The van der Waals surface area contributed by atoms with Crippen molar-refractivity contribution < 1.29 is 4.79 Å². The van der Waals surface area contributed by atoms with Gasteiger partial charge in [0.05, 0.1) is 5.69 Å². The van der Waals surface area contributed by atoms with Crippen molar-refractivity contribution in [1.29, 1.82) is 0 Å². The molecule has 1 amide bonds. The Morgan fingerprint density at radius 2 is 1.84 bits per heavy atom. The quantitative estimate of drug-likeness (QED) is 0.665. The number of benzene rings is 1. The minimum absolute atomic E-state index is 0.451. The van der Waals surface area contributed by atoms with Crippen molar-refractivity contribution in [2.75, 3.05) is 5.01 Å². The lowest BCUT2D eigenvalue weighted by Gasteiger charge is -2.28. The average Bonchev–Trinajstić information content (AvgIpc) is 2.93. The van der Waals surface area contributed by atoms with Crippen molar-refractivity contribution in [2.24, 2.45) is 0 Å². The van der Waals surface area contributed by atoms with E-state index in [0.717, 1.165) is 18.5 Å². The van der Waals surface area contributed by atoms with Crippen LogP contribution in [0.4, 0.5) is 5.69 Å². The molecule has 0 bridgehead atoms. The monoisotopic (exact) mass is 258 g/mol. The Labute approximate surface area is 115 Å². The molecule has 3 heteroatoms. The Bertz CT molecular complexity index is 452. The van der Waals surface area contributed by atoms with E-state index in [2.05, 4.69) is 23.6 Å². The van der Waals surface area contributed by atoms with Gasteiger partial charge >= 0.3 is 0 Å². The molecule has 0 spiro atoms. The number of rotatable bonds is 4. The molecule has 2 aliphatic rings. The number of fused-ring (bicyclic) bond motifs is 1. The summed E-state index contributed by atoms with van der Waals surface area (Å²) in [6.45, 7) is 0. The smallest absolute Gasteiger partial charge is 0.228 e. The van der Waals surface area contributed by atoms with Crippen LogP contribution in [-0.4, -0.2) is 12.5 Å². The van der Waals surface area contributed by atoms with Crippen LogP contribution in [0.15, 0.2) is 18.2 Å². The molecule has 1 aromatic carbocycles. The summed E-state index contributed by atoms with van der Waals surface area (Å²) in [5.41, 5.74) is 7.23. The third-order valence-corrected chi connectivity index (χ3v) is 4.39. The molecule has 102 valence electrons. The van der Waals surface area contributed by atoms with Crippen LogP contribution in [0.2, 0.25) is 0 Å². The number of carbonyl (C=O) groups excluding carboxylic acids is 1. The average molecular weight is 258 g/mol. The zero-order chi connectivity index (χ0) is 13.1. The SMILES string of the molecule is O=CN(NC1CCCCC1)c1ccc2c(c1)CCC2. The highest BCUT2D eigenvalue weighted by molar-refractivity contribution is 5.74. The number of nitrogens with one attached hydrogen (secondary N) is 1. The molecular weight excluding hydrogens is 236 g/mol. The van der Waals surface area contributed by atoms with E-state index in [1.165, 1.54) is 56.1 Å². The van der Waals surface area contributed by atoms with E-state index in [9.17, 15) is 4.79 Å². The Kier molecular flexibility index (Phi) is 3.83. The minimum Gasteiger partial charge on any atom is -0.277 e. The largest absolute Gasteiger partial charge is 0.277 e. The molecule has 1 saturated carbocycles. The van der Waals surface area contributed by atoms with Crippen molar-refractivity contribution in [3.05, 3.63) is 29.3 Å². The first-order valence-corrected chi connectivity index (χ1v) is 7.49. The molecule has 3 rings (SSSR count). The van der Waals surface area contributed by atoms with Crippen molar-refractivity contribution >= 4 is 12.1 Å². The maximum atomic E-state index is 11.3. The van der Waals surface area contributed by atoms with E-state index >= 15 is 0 Å². The zero-order valence-electron chi connectivity index (χ0n) is 11.4. The van der Waals surface area contributed by atoms with Crippen LogP contribution < -0.4 is 10.4 Å². The molecule has 0 radical (unpaired) electrons. The molecule has 0 saturated heterocycles. The van der Waals surface area contributed by atoms with Crippen LogP contribution in [0, 0.1) is 0 Å². The van der Waals surface area contributed by atoms with Gasteiger partial charge in [-0.1, -0.05) is 25.3 Å². The number of aryl methyl sites for hydroxylation is 2. The van der Waals surface area contributed by atoms with Crippen LogP contribution in [0.1, 0.15) is 49.7 Å². The van der Waals surface area contributed by atoms with E-state index in [4.69, 9.17) is 0 Å². The van der Waals surface area contributed by atoms with Gasteiger partial charge in [0, 0.05) is 6.04 Å². The lowest BCUT2D eigenvalue weighted by Crippen LogP contribution is -2.45.